The van der Waals surface area contributed by atoms with Crippen LogP contribution in [0.5, 0.6) is 0 Å². The normalized spacial score (nSPS) is 12.0. The van der Waals surface area contributed by atoms with Gasteiger partial charge in [-0.1, -0.05) is 60.7 Å². The molecular formula is C18H21NO2. The van der Waals surface area contributed by atoms with Gasteiger partial charge in [-0.25, -0.2) is 0 Å². The van der Waals surface area contributed by atoms with Crippen LogP contribution in [-0.2, 0) is 4.74 Å². The first-order chi connectivity index (χ1) is 10.3. The first-order valence-corrected chi connectivity index (χ1v) is 7.28. The van der Waals surface area contributed by atoms with E-state index in [2.05, 4.69) is 5.32 Å². The minimum absolute atomic E-state index is 0.0818. The molecule has 0 radical (unpaired) electrons. The molecule has 0 aliphatic rings. The Morgan fingerprint density at radius 1 is 1.05 bits per heavy atom. The van der Waals surface area contributed by atoms with Crippen LogP contribution in [-0.4, -0.2) is 25.5 Å². The monoisotopic (exact) mass is 283 g/mol. The van der Waals surface area contributed by atoms with Gasteiger partial charge in [0.1, 0.15) is 0 Å². The molecule has 2 aromatic rings. The Morgan fingerprint density at radius 2 is 1.67 bits per heavy atom. The van der Waals surface area contributed by atoms with Gasteiger partial charge in [-0.05, 0) is 12.5 Å². The second-order valence-corrected chi connectivity index (χ2v) is 4.73. The smallest absolute Gasteiger partial charge is 0.184 e. The van der Waals surface area contributed by atoms with E-state index in [4.69, 9.17) is 4.74 Å². The van der Waals surface area contributed by atoms with Crippen molar-refractivity contribution in [3.05, 3.63) is 71.8 Å². The fourth-order valence-corrected chi connectivity index (χ4v) is 2.20. The summed E-state index contributed by atoms with van der Waals surface area (Å²) < 4.78 is 5.33. The maximum atomic E-state index is 12.7. The third-order valence-electron chi connectivity index (χ3n) is 3.25. The molecule has 3 heteroatoms. The Hall–Kier alpha value is -1.97. The van der Waals surface area contributed by atoms with E-state index in [1.807, 2.05) is 67.6 Å². The minimum Gasteiger partial charge on any atom is -0.380 e. The molecule has 0 aliphatic heterocycles. The van der Waals surface area contributed by atoms with E-state index in [1.165, 1.54) is 0 Å². The van der Waals surface area contributed by atoms with Gasteiger partial charge < -0.3 is 10.1 Å². The molecule has 0 spiro atoms. The lowest BCUT2D eigenvalue weighted by Crippen LogP contribution is -2.31. The standard InChI is InChI=1S/C18H21NO2/c1-2-21-14-13-19-17(15-9-5-3-6-10-15)18(20)16-11-7-4-8-12-16/h3-12,17,19H,2,13-14H2,1H3/t17-/m0/s1. The lowest BCUT2D eigenvalue weighted by atomic mass is 9.97. The molecule has 2 rings (SSSR count). The predicted octanol–water partition coefficient (Wildman–Crippen LogP) is 3.24. The van der Waals surface area contributed by atoms with E-state index in [1.54, 1.807) is 0 Å². The predicted molar refractivity (Wildman–Crippen MR) is 84.5 cm³/mol. The number of carbonyl (C=O) groups excluding carboxylic acids is 1. The van der Waals surface area contributed by atoms with Crippen molar-refractivity contribution in [1.29, 1.82) is 0 Å². The SMILES string of the molecule is CCOCCN[C@H](C(=O)c1ccccc1)c1ccccc1. The molecule has 3 nitrogen and oxygen atoms in total. The summed E-state index contributed by atoms with van der Waals surface area (Å²) in [6.07, 6.45) is 0. The molecule has 21 heavy (non-hydrogen) atoms. The molecule has 0 aromatic heterocycles. The maximum absolute atomic E-state index is 12.7. The van der Waals surface area contributed by atoms with Crippen LogP contribution in [0, 0.1) is 0 Å². The van der Waals surface area contributed by atoms with Gasteiger partial charge in [-0.15, -0.1) is 0 Å². The highest BCUT2D eigenvalue weighted by atomic mass is 16.5. The molecule has 0 unspecified atom stereocenters. The molecule has 0 heterocycles. The van der Waals surface area contributed by atoms with Crippen molar-refractivity contribution in [1.82, 2.24) is 5.32 Å². The number of ketones is 1. The third-order valence-corrected chi connectivity index (χ3v) is 3.25. The van der Waals surface area contributed by atoms with Crippen LogP contribution in [0.2, 0.25) is 0 Å². The van der Waals surface area contributed by atoms with Gasteiger partial charge >= 0.3 is 0 Å². The second-order valence-electron chi connectivity index (χ2n) is 4.73. The molecule has 0 fully saturated rings. The van der Waals surface area contributed by atoms with Crippen molar-refractivity contribution < 1.29 is 9.53 Å². The largest absolute Gasteiger partial charge is 0.380 e. The molecule has 0 saturated heterocycles. The first kappa shape index (κ1) is 15.4. The molecular weight excluding hydrogens is 262 g/mol. The highest BCUT2D eigenvalue weighted by Gasteiger charge is 2.20. The third kappa shape index (κ3) is 4.52. The number of hydrogen-bond acceptors (Lipinski definition) is 3. The van der Waals surface area contributed by atoms with Crippen LogP contribution < -0.4 is 5.32 Å². The lowest BCUT2D eigenvalue weighted by Gasteiger charge is -2.18. The summed E-state index contributed by atoms with van der Waals surface area (Å²) in [5, 5.41) is 3.29. The van der Waals surface area contributed by atoms with E-state index in [0.717, 1.165) is 11.1 Å². The summed E-state index contributed by atoms with van der Waals surface area (Å²) in [5.41, 5.74) is 1.69. The molecule has 0 saturated carbocycles. The number of nitrogens with one attached hydrogen (secondary N) is 1. The van der Waals surface area contributed by atoms with Gasteiger partial charge in [0, 0.05) is 18.7 Å². The zero-order chi connectivity index (χ0) is 14.9. The fraction of sp³-hybridized carbons (Fsp3) is 0.278. The average Bonchev–Trinajstić information content (AvgIpc) is 2.56. The van der Waals surface area contributed by atoms with Crippen molar-refractivity contribution >= 4 is 5.78 Å². The Morgan fingerprint density at radius 3 is 2.29 bits per heavy atom. The topological polar surface area (TPSA) is 38.3 Å². The van der Waals surface area contributed by atoms with Crippen LogP contribution in [0.4, 0.5) is 0 Å². The van der Waals surface area contributed by atoms with E-state index < -0.39 is 0 Å². The highest BCUT2D eigenvalue weighted by molar-refractivity contribution is 6.00. The summed E-state index contributed by atoms with van der Waals surface area (Å²) in [4.78, 5) is 12.7. The Bertz CT molecular complexity index is 540. The van der Waals surface area contributed by atoms with Gasteiger partial charge in [0.15, 0.2) is 5.78 Å². The van der Waals surface area contributed by atoms with Gasteiger partial charge in [0.25, 0.3) is 0 Å². The number of hydrogen-bond donors (Lipinski definition) is 1. The van der Waals surface area contributed by atoms with E-state index in [9.17, 15) is 4.79 Å². The Balaban J connectivity index is 2.14. The van der Waals surface area contributed by atoms with Crippen LogP contribution >= 0.6 is 0 Å². The van der Waals surface area contributed by atoms with Crippen molar-refractivity contribution in [3.63, 3.8) is 0 Å². The summed E-state index contributed by atoms with van der Waals surface area (Å²) in [7, 11) is 0. The fourth-order valence-electron chi connectivity index (χ4n) is 2.20. The summed E-state index contributed by atoms with van der Waals surface area (Å²) in [6.45, 7) is 3.89. The van der Waals surface area contributed by atoms with E-state index >= 15 is 0 Å². The van der Waals surface area contributed by atoms with Crippen LogP contribution in [0.25, 0.3) is 0 Å². The summed E-state index contributed by atoms with van der Waals surface area (Å²) >= 11 is 0. The van der Waals surface area contributed by atoms with Crippen molar-refractivity contribution in [2.24, 2.45) is 0 Å². The molecule has 1 atom stereocenters. The Labute approximate surface area is 126 Å². The zero-order valence-corrected chi connectivity index (χ0v) is 12.3. The Kier molecular flexibility index (Phi) is 6.13. The number of carbonyl (C=O) groups is 1. The number of benzene rings is 2. The first-order valence-electron chi connectivity index (χ1n) is 7.28. The van der Waals surface area contributed by atoms with Gasteiger partial charge in [0.2, 0.25) is 0 Å². The molecule has 0 aliphatic carbocycles. The zero-order valence-electron chi connectivity index (χ0n) is 12.3. The van der Waals surface area contributed by atoms with Crippen LogP contribution in [0.3, 0.4) is 0 Å². The van der Waals surface area contributed by atoms with Crippen molar-refractivity contribution in [2.75, 3.05) is 19.8 Å². The lowest BCUT2D eigenvalue weighted by molar-refractivity contribution is 0.0930. The van der Waals surface area contributed by atoms with Crippen molar-refractivity contribution in [3.8, 4) is 0 Å². The molecule has 1 N–H and O–H groups in total. The second kappa shape index (κ2) is 8.35. The minimum atomic E-state index is -0.339. The maximum Gasteiger partial charge on any atom is 0.184 e. The van der Waals surface area contributed by atoms with Crippen molar-refractivity contribution in [2.45, 2.75) is 13.0 Å². The van der Waals surface area contributed by atoms with Gasteiger partial charge in [-0.2, -0.15) is 0 Å². The number of ether oxygens (including phenoxy) is 1. The molecule has 110 valence electrons. The highest BCUT2D eigenvalue weighted by Crippen LogP contribution is 2.18. The van der Waals surface area contributed by atoms with Gasteiger partial charge in [-0.3, -0.25) is 4.79 Å². The molecule has 0 bridgehead atoms. The summed E-state index contributed by atoms with van der Waals surface area (Å²) in [5.74, 6) is 0.0818. The van der Waals surface area contributed by atoms with Crippen LogP contribution in [0.15, 0.2) is 60.7 Å². The quantitative estimate of drug-likeness (QED) is 0.597. The average molecular weight is 283 g/mol. The van der Waals surface area contributed by atoms with E-state index in [-0.39, 0.29) is 11.8 Å². The molecule has 0 amide bonds. The number of rotatable bonds is 8. The molecule has 2 aromatic carbocycles. The van der Waals surface area contributed by atoms with Crippen LogP contribution in [0.1, 0.15) is 28.9 Å². The van der Waals surface area contributed by atoms with E-state index in [0.29, 0.717) is 19.8 Å². The van der Waals surface area contributed by atoms with Gasteiger partial charge in [0.05, 0.1) is 12.6 Å². The number of Topliss-reactive ketones (excluding diaryl/α,β-unsaturated/α-hetero) is 1. The summed E-state index contributed by atoms with van der Waals surface area (Å²) in [6, 6.07) is 18.8.